The van der Waals surface area contributed by atoms with Crippen molar-refractivity contribution in [2.24, 2.45) is 5.92 Å². The second-order valence-electron chi connectivity index (χ2n) is 4.90. The van der Waals surface area contributed by atoms with E-state index in [2.05, 4.69) is 13.8 Å². The van der Waals surface area contributed by atoms with Crippen molar-refractivity contribution >= 4 is 5.78 Å². The van der Waals surface area contributed by atoms with E-state index in [0.717, 1.165) is 12.8 Å². The normalized spacial score (nSPS) is 11.8. The zero-order valence-electron chi connectivity index (χ0n) is 13.0. The summed E-state index contributed by atoms with van der Waals surface area (Å²) in [5.74, 6) is 1.90. The monoisotopic (exact) mass is 280 g/mol. The van der Waals surface area contributed by atoms with Gasteiger partial charge in [-0.2, -0.15) is 0 Å². The third kappa shape index (κ3) is 3.65. The lowest BCUT2D eigenvalue weighted by Gasteiger charge is -2.16. The van der Waals surface area contributed by atoms with Crippen LogP contribution in [0.2, 0.25) is 0 Å². The fourth-order valence-electron chi connectivity index (χ4n) is 2.34. The molecule has 0 aromatic heterocycles. The van der Waals surface area contributed by atoms with Gasteiger partial charge < -0.3 is 14.2 Å². The first kappa shape index (κ1) is 16.3. The molecule has 1 rings (SSSR count). The minimum atomic E-state index is 0.0729. The van der Waals surface area contributed by atoms with Crippen molar-refractivity contribution in [1.29, 1.82) is 0 Å². The van der Waals surface area contributed by atoms with E-state index in [4.69, 9.17) is 14.2 Å². The third-order valence-electron chi connectivity index (χ3n) is 3.32. The second kappa shape index (κ2) is 7.78. The van der Waals surface area contributed by atoms with Crippen LogP contribution in [0.3, 0.4) is 0 Å². The van der Waals surface area contributed by atoms with Crippen molar-refractivity contribution < 1.29 is 19.0 Å². The van der Waals surface area contributed by atoms with Crippen molar-refractivity contribution in [2.45, 2.75) is 33.1 Å². The van der Waals surface area contributed by atoms with E-state index in [1.807, 2.05) is 0 Å². The summed E-state index contributed by atoms with van der Waals surface area (Å²) in [5, 5.41) is 0. The Balaban J connectivity index is 3.08. The van der Waals surface area contributed by atoms with Crippen LogP contribution in [-0.2, 0) is 0 Å². The summed E-state index contributed by atoms with van der Waals surface area (Å²) in [6.07, 6.45) is 2.64. The Kier molecular flexibility index (Phi) is 6.36. The molecule has 1 aromatic carbocycles. The van der Waals surface area contributed by atoms with E-state index in [0.29, 0.717) is 35.2 Å². The molecule has 4 heteroatoms. The predicted octanol–water partition coefficient (Wildman–Crippen LogP) is 3.72. The summed E-state index contributed by atoms with van der Waals surface area (Å²) in [6.45, 7) is 4.21. The minimum Gasteiger partial charge on any atom is -0.493 e. The van der Waals surface area contributed by atoms with Gasteiger partial charge in [0.15, 0.2) is 17.3 Å². The maximum Gasteiger partial charge on any atom is 0.204 e. The van der Waals surface area contributed by atoms with Gasteiger partial charge in [-0.3, -0.25) is 4.79 Å². The number of benzene rings is 1. The Hall–Kier alpha value is -1.71. The number of hydrogen-bond acceptors (Lipinski definition) is 4. The van der Waals surface area contributed by atoms with Gasteiger partial charge in [0, 0.05) is 6.42 Å². The van der Waals surface area contributed by atoms with E-state index in [1.165, 1.54) is 14.2 Å². The van der Waals surface area contributed by atoms with Gasteiger partial charge in [0.2, 0.25) is 5.75 Å². The zero-order chi connectivity index (χ0) is 15.1. The van der Waals surface area contributed by atoms with Gasteiger partial charge in [-0.25, -0.2) is 0 Å². The van der Waals surface area contributed by atoms with Crippen LogP contribution in [0.4, 0.5) is 0 Å². The zero-order valence-corrected chi connectivity index (χ0v) is 13.0. The fourth-order valence-corrected chi connectivity index (χ4v) is 2.34. The highest BCUT2D eigenvalue weighted by Crippen LogP contribution is 2.40. The lowest BCUT2D eigenvalue weighted by molar-refractivity contribution is 0.0959. The molecular formula is C16H24O4. The molecule has 0 amide bonds. The van der Waals surface area contributed by atoms with Crippen molar-refractivity contribution in [3.05, 3.63) is 17.7 Å². The highest BCUT2D eigenvalue weighted by molar-refractivity contribution is 6.00. The Morgan fingerprint density at radius 1 is 1.10 bits per heavy atom. The lowest BCUT2D eigenvalue weighted by Crippen LogP contribution is -2.09. The molecule has 1 unspecified atom stereocenters. The first-order chi connectivity index (χ1) is 9.58. The van der Waals surface area contributed by atoms with E-state index >= 15 is 0 Å². The molecule has 0 saturated carbocycles. The van der Waals surface area contributed by atoms with E-state index in [9.17, 15) is 4.79 Å². The molecule has 1 aromatic rings. The van der Waals surface area contributed by atoms with Crippen LogP contribution >= 0.6 is 0 Å². The average Bonchev–Trinajstić information content (AvgIpc) is 2.45. The summed E-state index contributed by atoms with van der Waals surface area (Å²) in [7, 11) is 4.62. The van der Waals surface area contributed by atoms with Gasteiger partial charge in [0.1, 0.15) is 0 Å². The summed E-state index contributed by atoms with van der Waals surface area (Å²) in [4.78, 5) is 12.4. The summed E-state index contributed by atoms with van der Waals surface area (Å²) >= 11 is 0. The standard InChI is InChI=1S/C16H24O4/c1-6-7-11(2)10-13(17)12-8-9-14(18-3)16(20-5)15(12)19-4/h8-9,11H,6-7,10H2,1-5H3. The number of ketones is 1. The SMILES string of the molecule is CCCC(C)CC(=O)c1ccc(OC)c(OC)c1OC. The van der Waals surface area contributed by atoms with Crippen LogP contribution in [-0.4, -0.2) is 27.1 Å². The number of Topliss-reactive ketones (excluding diaryl/α,β-unsaturated/α-hetero) is 1. The Morgan fingerprint density at radius 2 is 1.75 bits per heavy atom. The van der Waals surface area contributed by atoms with Gasteiger partial charge >= 0.3 is 0 Å². The van der Waals surface area contributed by atoms with Crippen LogP contribution in [0.25, 0.3) is 0 Å². The van der Waals surface area contributed by atoms with Crippen molar-refractivity contribution in [3.63, 3.8) is 0 Å². The summed E-state index contributed by atoms with van der Waals surface area (Å²) < 4.78 is 15.9. The largest absolute Gasteiger partial charge is 0.493 e. The molecule has 0 heterocycles. The molecule has 20 heavy (non-hydrogen) atoms. The Morgan fingerprint density at radius 3 is 2.25 bits per heavy atom. The molecule has 0 radical (unpaired) electrons. The van der Waals surface area contributed by atoms with Crippen LogP contribution in [0.1, 0.15) is 43.5 Å². The molecule has 1 atom stereocenters. The topological polar surface area (TPSA) is 44.8 Å². The predicted molar refractivity (Wildman–Crippen MR) is 79.1 cm³/mol. The molecule has 0 spiro atoms. The van der Waals surface area contributed by atoms with Crippen LogP contribution < -0.4 is 14.2 Å². The molecular weight excluding hydrogens is 256 g/mol. The van der Waals surface area contributed by atoms with Gasteiger partial charge in [-0.05, 0) is 18.1 Å². The third-order valence-corrected chi connectivity index (χ3v) is 3.32. The van der Waals surface area contributed by atoms with Gasteiger partial charge in [0.05, 0.1) is 26.9 Å². The Labute approximate surface area is 121 Å². The van der Waals surface area contributed by atoms with Crippen molar-refractivity contribution in [2.75, 3.05) is 21.3 Å². The molecule has 0 aliphatic heterocycles. The Bertz CT molecular complexity index is 454. The van der Waals surface area contributed by atoms with Crippen LogP contribution in [0.5, 0.6) is 17.2 Å². The maximum absolute atomic E-state index is 12.4. The maximum atomic E-state index is 12.4. The number of carbonyl (C=O) groups excluding carboxylic acids is 1. The highest BCUT2D eigenvalue weighted by atomic mass is 16.5. The molecule has 0 fully saturated rings. The molecule has 4 nitrogen and oxygen atoms in total. The number of ether oxygens (including phenoxy) is 3. The molecule has 0 saturated heterocycles. The number of rotatable bonds is 8. The molecule has 0 N–H and O–H groups in total. The van der Waals surface area contributed by atoms with E-state index in [1.54, 1.807) is 19.2 Å². The number of carbonyl (C=O) groups is 1. The van der Waals surface area contributed by atoms with Crippen LogP contribution in [0.15, 0.2) is 12.1 Å². The second-order valence-corrected chi connectivity index (χ2v) is 4.90. The molecule has 112 valence electrons. The van der Waals surface area contributed by atoms with Crippen LogP contribution in [0, 0.1) is 5.92 Å². The van der Waals surface area contributed by atoms with E-state index < -0.39 is 0 Å². The number of methoxy groups -OCH3 is 3. The quantitative estimate of drug-likeness (QED) is 0.681. The lowest BCUT2D eigenvalue weighted by atomic mass is 9.95. The summed E-state index contributed by atoms with van der Waals surface area (Å²) in [6, 6.07) is 3.47. The highest BCUT2D eigenvalue weighted by Gasteiger charge is 2.21. The van der Waals surface area contributed by atoms with Gasteiger partial charge in [-0.15, -0.1) is 0 Å². The first-order valence-corrected chi connectivity index (χ1v) is 6.91. The van der Waals surface area contributed by atoms with Gasteiger partial charge in [0.25, 0.3) is 0 Å². The smallest absolute Gasteiger partial charge is 0.204 e. The average molecular weight is 280 g/mol. The molecule has 0 aliphatic carbocycles. The van der Waals surface area contributed by atoms with Crippen molar-refractivity contribution in [3.8, 4) is 17.2 Å². The number of hydrogen-bond donors (Lipinski definition) is 0. The van der Waals surface area contributed by atoms with E-state index in [-0.39, 0.29) is 5.78 Å². The fraction of sp³-hybridized carbons (Fsp3) is 0.562. The summed E-state index contributed by atoms with van der Waals surface area (Å²) in [5.41, 5.74) is 0.549. The molecule has 0 aliphatic rings. The van der Waals surface area contributed by atoms with Crippen molar-refractivity contribution in [1.82, 2.24) is 0 Å². The van der Waals surface area contributed by atoms with Gasteiger partial charge in [-0.1, -0.05) is 26.7 Å². The first-order valence-electron chi connectivity index (χ1n) is 6.91. The molecule has 0 bridgehead atoms. The minimum absolute atomic E-state index is 0.0729.